The molecule has 0 spiro atoms. The van der Waals surface area contributed by atoms with Crippen molar-refractivity contribution in [2.24, 2.45) is 5.10 Å². The molecule has 0 heterocycles. The molecule has 0 saturated carbocycles. The van der Waals surface area contributed by atoms with Gasteiger partial charge in [-0.05, 0) is 25.1 Å². The van der Waals surface area contributed by atoms with Gasteiger partial charge < -0.3 is 5.11 Å². The summed E-state index contributed by atoms with van der Waals surface area (Å²) in [6.45, 7) is 5.71. The monoisotopic (exact) mass is 239 g/mol. The highest BCUT2D eigenvalue weighted by molar-refractivity contribution is 5.95. The van der Waals surface area contributed by atoms with Crippen molar-refractivity contribution >= 4 is 23.6 Å². The fraction of sp³-hybridized carbons (Fsp3) is 0.273. The minimum absolute atomic E-state index is 0.0275. The van der Waals surface area contributed by atoms with Crippen LogP contribution in [0.1, 0.15) is 31.1 Å². The molecule has 1 rings (SSSR count). The number of carbonyl (C=O) groups is 1. The summed E-state index contributed by atoms with van der Waals surface area (Å²) in [5.74, 6) is -1.10. The molecular formula is C11H17N3O3. The molecule has 0 bridgehead atoms. The zero-order chi connectivity index (χ0) is 13.3. The molecule has 94 valence electrons. The van der Waals surface area contributed by atoms with Crippen LogP contribution in [-0.4, -0.2) is 22.5 Å². The maximum absolute atomic E-state index is 10.9. The minimum atomic E-state index is -1.10. The predicted molar refractivity (Wildman–Crippen MR) is 67.9 cm³/mol. The van der Waals surface area contributed by atoms with Crippen molar-refractivity contribution in [1.29, 1.82) is 0 Å². The largest absolute Gasteiger partial charge is 0.478 e. The van der Waals surface area contributed by atoms with Crippen molar-refractivity contribution < 1.29 is 15.1 Å². The smallest absolute Gasteiger partial charge is 0.337 e. The van der Waals surface area contributed by atoms with Crippen LogP contribution in [0.5, 0.6) is 0 Å². The van der Waals surface area contributed by atoms with Gasteiger partial charge in [0.05, 0.1) is 16.9 Å². The van der Waals surface area contributed by atoms with Gasteiger partial charge in [0, 0.05) is 6.21 Å². The molecule has 4 N–H and O–H groups in total. The lowest BCUT2D eigenvalue weighted by molar-refractivity contribution is 0.0698. The van der Waals surface area contributed by atoms with Gasteiger partial charge in [-0.1, -0.05) is 13.8 Å². The average molecular weight is 239 g/mol. The summed E-state index contributed by atoms with van der Waals surface area (Å²) in [7, 11) is 0. The molecule has 0 saturated heterocycles. The van der Waals surface area contributed by atoms with Crippen molar-refractivity contribution in [2.45, 2.75) is 20.8 Å². The molecule has 0 aliphatic rings. The number of nitrogens with zero attached hydrogens (tertiary/aromatic N) is 1. The predicted octanol–water partition coefficient (Wildman–Crippen LogP) is 2.63. The SMILES string of the molecule is C/C=N/Nc1ccc(NO)cc1C(=O)O.CC. The third-order valence-electron chi connectivity index (χ3n) is 1.69. The number of hydrogen-bond acceptors (Lipinski definition) is 5. The van der Waals surface area contributed by atoms with Crippen molar-refractivity contribution in [3.63, 3.8) is 0 Å². The quantitative estimate of drug-likeness (QED) is 0.478. The van der Waals surface area contributed by atoms with Crippen LogP contribution in [0.2, 0.25) is 0 Å². The van der Waals surface area contributed by atoms with E-state index in [0.717, 1.165) is 0 Å². The lowest BCUT2D eigenvalue weighted by atomic mass is 10.1. The second-order valence-corrected chi connectivity index (χ2v) is 2.68. The Kier molecular flexibility index (Phi) is 7.12. The van der Waals surface area contributed by atoms with Crippen LogP contribution >= 0.6 is 0 Å². The first-order chi connectivity index (χ1) is 8.19. The Balaban J connectivity index is 0.00000121. The molecule has 0 atom stereocenters. The van der Waals surface area contributed by atoms with E-state index in [2.05, 4.69) is 10.5 Å². The zero-order valence-electron chi connectivity index (χ0n) is 10.1. The number of anilines is 2. The average Bonchev–Trinajstić information content (AvgIpc) is 2.38. The summed E-state index contributed by atoms with van der Waals surface area (Å²) in [6, 6.07) is 4.34. The second-order valence-electron chi connectivity index (χ2n) is 2.68. The Morgan fingerprint density at radius 3 is 2.53 bits per heavy atom. The van der Waals surface area contributed by atoms with E-state index in [0.29, 0.717) is 11.4 Å². The van der Waals surface area contributed by atoms with E-state index in [1.54, 1.807) is 6.92 Å². The van der Waals surface area contributed by atoms with Crippen LogP contribution in [0, 0.1) is 0 Å². The molecule has 0 aliphatic carbocycles. The van der Waals surface area contributed by atoms with Gasteiger partial charge >= 0.3 is 5.97 Å². The fourth-order valence-electron chi connectivity index (χ4n) is 1.02. The van der Waals surface area contributed by atoms with Gasteiger partial charge in [0.2, 0.25) is 0 Å². The summed E-state index contributed by atoms with van der Waals surface area (Å²) >= 11 is 0. The van der Waals surface area contributed by atoms with Crippen molar-refractivity contribution in [2.75, 3.05) is 10.9 Å². The summed E-state index contributed by atoms with van der Waals surface area (Å²) in [5, 5.41) is 21.2. The second kappa shape index (κ2) is 8.12. The summed E-state index contributed by atoms with van der Waals surface area (Å²) in [6.07, 6.45) is 1.50. The maximum Gasteiger partial charge on any atom is 0.337 e. The first-order valence-electron chi connectivity index (χ1n) is 5.20. The number of hydrazone groups is 1. The van der Waals surface area contributed by atoms with Gasteiger partial charge in [0.1, 0.15) is 0 Å². The molecular weight excluding hydrogens is 222 g/mol. The Bertz CT molecular complexity index is 392. The highest BCUT2D eigenvalue weighted by Gasteiger charge is 2.10. The molecule has 0 unspecified atom stereocenters. The van der Waals surface area contributed by atoms with E-state index in [1.807, 2.05) is 19.3 Å². The van der Waals surface area contributed by atoms with E-state index in [4.69, 9.17) is 10.3 Å². The van der Waals surface area contributed by atoms with Gasteiger partial charge in [0.25, 0.3) is 0 Å². The third kappa shape index (κ3) is 4.52. The summed E-state index contributed by atoms with van der Waals surface area (Å²) in [5.41, 5.74) is 5.14. The molecule has 1 aromatic carbocycles. The number of nitrogens with one attached hydrogen (secondary N) is 2. The maximum atomic E-state index is 10.9. The Labute approximate surface area is 99.9 Å². The van der Waals surface area contributed by atoms with Crippen molar-refractivity contribution in [3.05, 3.63) is 23.8 Å². The highest BCUT2D eigenvalue weighted by atomic mass is 16.5. The number of rotatable bonds is 4. The molecule has 0 radical (unpaired) electrons. The number of carboxylic acids is 1. The topological polar surface area (TPSA) is 94.0 Å². The first kappa shape index (κ1) is 14.9. The lowest BCUT2D eigenvalue weighted by Gasteiger charge is -2.06. The zero-order valence-corrected chi connectivity index (χ0v) is 10.1. The molecule has 6 heteroatoms. The molecule has 6 nitrogen and oxygen atoms in total. The van der Waals surface area contributed by atoms with E-state index in [1.165, 1.54) is 24.4 Å². The fourth-order valence-corrected chi connectivity index (χ4v) is 1.02. The third-order valence-corrected chi connectivity index (χ3v) is 1.69. The molecule has 0 aliphatic heterocycles. The van der Waals surface area contributed by atoms with Gasteiger partial charge in [0.15, 0.2) is 0 Å². The van der Waals surface area contributed by atoms with Gasteiger partial charge in [-0.25, -0.2) is 4.79 Å². The molecule has 1 aromatic rings. The lowest BCUT2D eigenvalue weighted by Crippen LogP contribution is -2.03. The first-order valence-corrected chi connectivity index (χ1v) is 5.20. The molecule has 0 fully saturated rings. The number of benzene rings is 1. The Morgan fingerprint density at radius 1 is 1.41 bits per heavy atom. The van der Waals surface area contributed by atoms with E-state index in [-0.39, 0.29) is 5.56 Å². The highest BCUT2D eigenvalue weighted by Crippen LogP contribution is 2.20. The van der Waals surface area contributed by atoms with Gasteiger partial charge in [-0.2, -0.15) is 5.10 Å². The number of hydrogen-bond donors (Lipinski definition) is 4. The van der Waals surface area contributed by atoms with Crippen molar-refractivity contribution in [1.82, 2.24) is 0 Å². The summed E-state index contributed by atoms with van der Waals surface area (Å²) < 4.78 is 0. The Hall–Kier alpha value is -2.08. The van der Waals surface area contributed by atoms with Gasteiger partial charge in [-0.3, -0.25) is 16.1 Å². The standard InChI is InChI=1S/C9H11N3O3.C2H6/c1-2-10-11-8-4-3-6(12-15)5-7(8)9(13)14;1-2/h2-5,11-12,15H,1H3,(H,13,14);1-2H3/b10-2+;. The normalized spacial score (nSPS) is 9.41. The van der Waals surface area contributed by atoms with Crippen molar-refractivity contribution in [3.8, 4) is 0 Å². The molecule has 0 amide bonds. The van der Waals surface area contributed by atoms with Crippen LogP contribution in [0.3, 0.4) is 0 Å². The van der Waals surface area contributed by atoms with Crippen LogP contribution < -0.4 is 10.9 Å². The van der Waals surface area contributed by atoms with E-state index < -0.39 is 5.97 Å². The number of carboxylic acid groups (broad SMARTS) is 1. The molecule has 0 aromatic heterocycles. The molecule has 17 heavy (non-hydrogen) atoms. The van der Waals surface area contributed by atoms with Gasteiger partial charge in [-0.15, -0.1) is 0 Å². The van der Waals surface area contributed by atoms with Crippen LogP contribution in [-0.2, 0) is 0 Å². The van der Waals surface area contributed by atoms with E-state index >= 15 is 0 Å². The van der Waals surface area contributed by atoms with Crippen LogP contribution in [0.15, 0.2) is 23.3 Å². The van der Waals surface area contributed by atoms with Crippen LogP contribution in [0.4, 0.5) is 11.4 Å². The number of aromatic carboxylic acids is 1. The minimum Gasteiger partial charge on any atom is -0.478 e. The van der Waals surface area contributed by atoms with E-state index in [9.17, 15) is 4.79 Å². The van der Waals surface area contributed by atoms with Crippen LogP contribution in [0.25, 0.3) is 0 Å². The summed E-state index contributed by atoms with van der Waals surface area (Å²) in [4.78, 5) is 10.9. The Morgan fingerprint density at radius 2 is 2.06 bits per heavy atom.